The molecule has 0 atom stereocenters. The number of hydrogen-bond donors (Lipinski definition) is 0. The smallest absolute Gasteiger partial charge is 0.222 e. The Bertz CT molecular complexity index is 290. The molecule has 20 heavy (non-hydrogen) atoms. The zero-order chi connectivity index (χ0) is 14.3. The highest BCUT2D eigenvalue weighted by Crippen LogP contribution is 2.31. The van der Waals surface area contributed by atoms with Crippen LogP contribution in [0.4, 0.5) is 0 Å². The standard InChI is InChI=1S/C16H29NO3/c1-2-3-4-5-6-7-8-15(18)17-11-9-16(10-12-17)19-13-14-20-16/h2-14H2,1H3. The summed E-state index contributed by atoms with van der Waals surface area (Å²) in [4.78, 5) is 14.1. The van der Waals surface area contributed by atoms with Crippen LogP contribution in [0.2, 0.25) is 0 Å². The first-order valence-corrected chi connectivity index (χ1v) is 8.31. The van der Waals surface area contributed by atoms with Crippen LogP contribution >= 0.6 is 0 Å². The predicted molar refractivity (Wildman–Crippen MR) is 78.4 cm³/mol. The van der Waals surface area contributed by atoms with Crippen molar-refractivity contribution in [3.05, 3.63) is 0 Å². The molecule has 1 spiro atoms. The van der Waals surface area contributed by atoms with Crippen molar-refractivity contribution in [2.45, 2.75) is 70.5 Å². The van der Waals surface area contributed by atoms with Gasteiger partial charge in [-0.2, -0.15) is 0 Å². The van der Waals surface area contributed by atoms with Gasteiger partial charge in [0.1, 0.15) is 0 Å². The first kappa shape index (κ1) is 15.8. The van der Waals surface area contributed by atoms with E-state index >= 15 is 0 Å². The summed E-state index contributed by atoms with van der Waals surface area (Å²) >= 11 is 0. The zero-order valence-corrected chi connectivity index (χ0v) is 12.9. The SMILES string of the molecule is CCCCCCCCC(=O)N1CCC2(CC1)OCCO2. The summed E-state index contributed by atoms with van der Waals surface area (Å²) in [5, 5.41) is 0. The highest BCUT2D eigenvalue weighted by molar-refractivity contribution is 5.76. The lowest BCUT2D eigenvalue weighted by molar-refractivity contribution is -0.187. The van der Waals surface area contributed by atoms with Gasteiger partial charge >= 0.3 is 0 Å². The van der Waals surface area contributed by atoms with Crippen molar-refractivity contribution in [2.75, 3.05) is 26.3 Å². The maximum Gasteiger partial charge on any atom is 0.222 e. The van der Waals surface area contributed by atoms with E-state index in [0.717, 1.165) is 32.4 Å². The van der Waals surface area contributed by atoms with Crippen molar-refractivity contribution in [3.63, 3.8) is 0 Å². The minimum atomic E-state index is -0.364. The molecule has 116 valence electrons. The minimum absolute atomic E-state index is 0.313. The van der Waals surface area contributed by atoms with Crippen LogP contribution in [-0.2, 0) is 14.3 Å². The Morgan fingerprint density at radius 2 is 1.60 bits per heavy atom. The lowest BCUT2D eigenvalue weighted by atomic mass is 10.0. The maximum atomic E-state index is 12.1. The molecule has 0 bridgehead atoms. The van der Waals surface area contributed by atoms with E-state index < -0.39 is 0 Å². The van der Waals surface area contributed by atoms with Crippen LogP contribution in [0.5, 0.6) is 0 Å². The number of rotatable bonds is 7. The van der Waals surface area contributed by atoms with Crippen LogP contribution in [0.1, 0.15) is 64.7 Å². The monoisotopic (exact) mass is 283 g/mol. The molecule has 2 rings (SSSR count). The van der Waals surface area contributed by atoms with Gasteiger partial charge in [0.15, 0.2) is 5.79 Å². The Morgan fingerprint density at radius 3 is 2.25 bits per heavy atom. The van der Waals surface area contributed by atoms with Crippen LogP contribution in [-0.4, -0.2) is 42.9 Å². The van der Waals surface area contributed by atoms with Gasteiger partial charge in [-0.3, -0.25) is 4.79 Å². The Hall–Kier alpha value is -0.610. The summed E-state index contributed by atoms with van der Waals surface area (Å²) in [5.41, 5.74) is 0. The van der Waals surface area contributed by atoms with E-state index in [4.69, 9.17) is 9.47 Å². The molecular formula is C16H29NO3. The first-order valence-electron chi connectivity index (χ1n) is 8.31. The van der Waals surface area contributed by atoms with Crippen molar-refractivity contribution in [1.82, 2.24) is 4.90 Å². The summed E-state index contributed by atoms with van der Waals surface area (Å²) in [7, 11) is 0. The molecule has 2 heterocycles. The molecule has 1 amide bonds. The second-order valence-corrected chi connectivity index (χ2v) is 6.01. The molecule has 0 N–H and O–H groups in total. The van der Waals surface area contributed by atoms with E-state index in [9.17, 15) is 4.79 Å². The Labute approximate surface area is 122 Å². The van der Waals surface area contributed by atoms with Crippen molar-refractivity contribution in [1.29, 1.82) is 0 Å². The van der Waals surface area contributed by atoms with Gasteiger partial charge in [0.2, 0.25) is 5.91 Å². The van der Waals surface area contributed by atoms with Gasteiger partial charge < -0.3 is 14.4 Å². The lowest BCUT2D eigenvalue weighted by Gasteiger charge is -2.37. The number of piperidine rings is 1. The molecule has 0 radical (unpaired) electrons. The van der Waals surface area contributed by atoms with Crippen molar-refractivity contribution in [3.8, 4) is 0 Å². The molecule has 2 saturated heterocycles. The van der Waals surface area contributed by atoms with Gasteiger partial charge in [-0.25, -0.2) is 0 Å². The van der Waals surface area contributed by atoms with Gasteiger partial charge in [0, 0.05) is 32.4 Å². The molecule has 0 aromatic rings. The number of ether oxygens (including phenoxy) is 2. The molecule has 0 aromatic carbocycles. The van der Waals surface area contributed by atoms with Crippen LogP contribution in [0.15, 0.2) is 0 Å². The summed E-state index contributed by atoms with van der Waals surface area (Å²) < 4.78 is 11.4. The van der Waals surface area contributed by atoms with E-state index in [1.165, 1.54) is 32.1 Å². The molecule has 2 aliphatic heterocycles. The number of likely N-dealkylation sites (tertiary alicyclic amines) is 1. The number of carbonyl (C=O) groups is 1. The average Bonchev–Trinajstić information content (AvgIpc) is 2.91. The van der Waals surface area contributed by atoms with Crippen molar-refractivity contribution < 1.29 is 14.3 Å². The van der Waals surface area contributed by atoms with Gasteiger partial charge in [0.25, 0.3) is 0 Å². The summed E-state index contributed by atoms with van der Waals surface area (Å²) in [6.45, 7) is 5.20. The highest BCUT2D eigenvalue weighted by Gasteiger charge is 2.40. The van der Waals surface area contributed by atoms with Gasteiger partial charge in [0.05, 0.1) is 13.2 Å². The number of unbranched alkanes of at least 4 members (excludes halogenated alkanes) is 5. The summed E-state index contributed by atoms with van der Waals surface area (Å²) in [6, 6.07) is 0. The van der Waals surface area contributed by atoms with E-state index in [-0.39, 0.29) is 5.79 Å². The van der Waals surface area contributed by atoms with Crippen LogP contribution in [0, 0.1) is 0 Å². The van der Waals surface area contributed by atoms with Crippen LogP contribution in [0.3, 0.4) is 0 Å². The normalized spacial score (nSPS) is 21.6. The second kappa shape index (κ2) is 7.99. The fourth-order valence-electron chi connectivity index (χ4n) is 3.10. The van der Waals surface area contributed by atoms with Crippen LogP contribution in [0.25, 0.3) is 0 Å². The highest BCUT2D eigenvalue weighted by atomic mass is 16.7. The Balaban J connectivity index is 1.57. The topological polar surface area (TPSA) is 38.8 Å². The number of amides is 1. The first-order chi connectivity index (χ1) is 9.76. The zero-order valence-electron chi connectivity index (χ0n) is 12.9. The van der Waals surface area contributed by atoms with Crippen molar-refractivity contribution >= 4 is 5.91 Å². The predicted octanol–water partition coefficient (Wildman–Crippen LogP) is 3.10. The Kier molecular flexibility index (Phi) is 6.30. The quantitative estimate of drug-likeness (QED) is 0.674. The molecule has 2 aliphatic rings. The molecule has 0 unspecified atom stereocenters. The van der Waals surface area contributed by atoms with Crippen molar-refractivity contribution in [2.24, 2.45) is 0 Å². The average molecular weight is 283 g/mol. The third-order valence-corrected chi connectivity index (χ3v) is 4.44. The molecule has 0 saturated carbocycles. The molecule has 0 aromatic heterocycles. The summed E-state index contributed by atoms with van der Waals surface area (Å²) in [6.07, 6.45) is 9.77. The molecular weight excluding hydrogens is 254 g/mol. The third kappa shape index (κ3) is 4.45. The van der Waals surface area contributed by atoms with Gasteiger partial charge in [-0.1, -0.05) is 39.0 Å². The number of carbonyl (C=O) groups excluding carboxylic acids is 1. The van der Waals surface area contributed by atoms with E-state index in [2.05, 4.69) is 6.92 Å². The molecule has 2 fully saturated rings. The largest absolute Gasteiger partial charge is 0.347 e. The van der Waals surface area contributed by atoms with Gasteiger partial charge in [-0.15, -0.1) is 0 Å². The van der Waals surface area contributed by atoms with E-state index in [1.54, 1.807) is 0 Å². The lowest BCUT2D eigenvalue weighted by Crippen LogP contribution is -2.47. The van der Waals surface area contributed by atoms with E-state index in [1.807, 2.05) is 4.90 Å². The fourth-order valence-corrected chi connectivity index (χ4v) is 3.10. The number of hydrogen-bond acceptors (Lipinski definition) is 3. The summed E-state index contributed by atoms with van der Waals surface area (Å²) in [5.74, 6) is -0.0509. The molecule has 4 heteroatoms. The fraction of sp³-hybridized carbons (Fsp3) is 0.938. The van der Waals surface area contributed by atoms with Gasteiger partial charge in [-0.05, 0) is 6.42 Å². The molecule has 0 aliphatic carbocycles. The molecule has 4 nitrogen and oxygen atoms in total. The Morgan fingerprint density at radius 1 is 1.00 bits per heavy atom. The third-order valence-electron chi connectivity index (χ3n) is 4.44. The van der Waals surface area contributed by atoms with Crippen LogP contribution < -0.4 is 0 Å². The minimum Gasteiger partial charge on any atom is -0.347 e. The second-order valence-electron chi connectivity index (χ2n) is 6.01. The maximum absolute atomic E-state index is 12.1. The van der Waals surface area contributed by atoms with E-state index in [0.29, 0.717) is 25.5 Å². The number of nitrogens with zero attached hydrogens (tertiary/aromatic N) is 1.